The zero-order valence-electron chi connectivity index (χ0n) is 10.4. The lowest BCUT2D eigenvalue weighted by atomic mass is 10.3. The van der Waals surface area contributed by atoms with E-state index in [2.05, 4.69) is 0 Å². The number of hydrogen-bond acceptors (Lipinski definition) is 3. The third-order valence-electron chi connectivity index (χ3n) is 1.97. The van der Waals surface area contributed by atoms with Crippen LogP contribution in [0.5, 0.6) is 0 Å². The molecule has 0 fully saturated rings. The first-order valence-corrected chi connectivity index (χ1v) is 5.60. The van der Waals surface area contributed by atoms with Gasteiger partial charge in [-0.25, -0.2) is 4.79 Å². The van der Waals surface area contributed by atoms with Crippen molar-refractivity contribution >= 4 is 11.9 Å². The topological polar surface area (TPSA) is 66.8 Å². The number of aliphatic carboxylic acids is 1. The number of rotatable bonds is 8. The van der Waals surface area contributed by atoms with Gasteiger partial charge >= 0.3 is 12.1 Å². The molecule has 0 saturated carbocycles. The van der Waals surface area contributed by atoms with Crippen molar-refractivity contribution in [1.82, 2.24) is 4.90 Å². The summed E-state index contributed by atoms with van der Waals surface area (Å²) in [6, 6.07) is 0. The highest BCUT2D eigenvalue weighted by molar-refractivity contribution is 5.93. The van der Waals surface area contributed by atoms with Gasteiger partial charge in [-0.2, -0.15) is 13.2 Å². The Morgan fingerprint density at radius 3 is 2.42 bits per heavy atom. The van der Waals surface area contributed by atoms with E-state index < -0.39 is 24.6 Å². The predicted molar refractivity (Wildman–Crippen MR) is 60.5 cm³/mol. The van der Waals surface area contributed by atoms with E-state index in [1.54, 1.807) is 6.92 Å². The van der Waals surface area contributed by atoms with Crippen LogP contribution in [-0.4, -0.2) is 54.4 Å². The van der Waals surface area contributed by atoms with Crippen molar-refractivity contribution in [2.24, 2.45) is 0 Å². The van der Waals surface area contributed by atoms with Gasteiger partial charge in [-0.3, -0.25) is 4.79 Å². The highest BCUT2D eigenvalue weighted by Gasteiger charge is 2.32. The summed E-state index contributed by atoms with van der Waals surface area (Å²) in [6.07, 6.45) is -3.17. The van der Waals surface area contributed by atoms with Crippen molar-refractivity contribution in [2.75, 3.05) is 26.3 Å². The molecule has 0 saturated heterocycles. The second-order valence-corrected chi connectivity index (χ2v) is 3.60. The Hall–Kier alpha value is -1.57. The molecule has 0 radical (unpaired) electrons. The number of ether oxygens (including phenoxy) is 1. The summed E-state index contributed by atoms with van der Waals surface area (Å²) in [5.74, 6) is -2.38. The van der Waals surface area contributed by atoms with Crippen molar-refractivity contribution in [1.29, 1.82) is 0 Å². The number of hydrogen-bond donors (Lipinski definition) is 1. The second kappa shape index (κ2) is 8.52. The van der Waals surface area contributed by atoms with Crippen LogP contribution < -0.4 is 0 Å². The van der Waals surface area contributed by atoms with Crippen molar-refractivity contribution < 1.29 is 32.6 Å². The molecule has 0 aliphatic heterocycles. The van der Waals surface area contributed by atoms with Gasteiger partial charge in [-0.05, 0) is 13.3 Å². The van der Waals surface area contributed by atoms with Crippen LogP contribution in [0.4, 0.5) is 13.2 Å². The molecule has 0 aromatic heterocycles. The molecule has 0 bridgehead atoms. The minimum absolute atomic E-state index is 0.150. The summed E-state index contributed by atoms with van der Waals surface area (Å²) in [7, 11) is 0. The average molecular weight is 283 g/mol. The molecule has 8 heteroatoms. The van der Waals surface area contributed by atoms with Gasteiger partial charge in [0.05, 0.1) is 0 Å². The minimum atomic E-state index is -4.53. The van der Waals surface area contributed by atoms with Crippen LogP contribution in [0.2, 0.25) is 0 Å². The summed E-state index contributed by atoms with van der Waals surface area (Å²) in [6.45, 7) is 0.853. The smallest absolute Gasteiger partial charge is 0.406 e. The van der Waals surface area contributed by atoms with Gasteiger partial charge in [0.25, 0.3) is 0 Å². The van der Waals surface area contributed by atoms with Gasteiger partial charge < -0.3 is 14.7 Å². The van der Waals surface area contributed by atoms with E-state index in [9.17, 15) is 22.8 Å². The maximum absolute atomic E-state index is 12.3. The van der Waals surface area contributed by atoms with E-state index in [4.69, 9.17) is 9.84 Å². The number of halogens is 3. The summed E-state index contributed by atoms with van der Waals surface area (Å²) < 4.78 is 41.8. The van der Waals surface area contributed by atoms with E-state index in [1.165, 1.54) is 0 Å². The van der Waals surface area contributed by atoms with Gasteiger partial charge in [0, 0.05) is 31.9 Å². The molecule has 1 amide bonds. The highest BCUT2D eigenvalue weighted by Crippen LogP contribution is 2.17. The third kappa shape index (κ3) is 10.1. The molecule has 0 rings (SSSR count). The van der Waals surface area contributed by atoms with Gasteiger partial charge in [0.15, 0.2) is 0 Å². The highest BCUT2D eigenvalue weighted by atomic mass is 19.4. The molecular formula is C11H16F3NO4. The zero-order chi connectivity index (χ0) is 14.9. The molecule has 5 nitrogen and oxygen atoms in total. The molecule has 0 spiro atoms. The summed E-state index contributed by atoms with van der Waals surface area (Å²) >= 11 is 0. The Labute approximate surface area is 108 Å². The van der Waals surface area contributed by atoms with E-state index in [1.807, 2.05) is 0 Å². The van der Waals surface area contributed by atoms with Crippen molar-refractivity contribution in [3.63, 3.8) is 0 Å². The number of alkyl halides is 3. The molecule has 0 aliphatic rings. The predicted octanol–water partition coefficient (Wildman–Crippen LogP) is 1.44. The summed E-state index contributed by atoms with van der Waals surface area (Å²) in [5, 5.41) is 8.32. The molecule has 110 valence electrons. The number of carboxylic acid groups (broad SMARTS) is 1. The molecule has 0 aromatic carbocycles. The van der Waals surface area contributed by atoms with Crippen LogP contribution in [0, 0.1) is 0 Å². The largest absolute Gasteiger partial charge is 0.478 e. The van der Waals surface area contributed by atoms with Crippen LogP contribution in [0.15, 0.2) is 12.2 Å². The van der Waals surface area contributed by atoms with E-state index in [0.717, 1.165) is 0 Å². The van der Waals surface area contributed by atoms with Crippen LogP contribution >= 0.6 is 0 Å². The Balaban J connectivity index is 4.48. The van der Waals surface area contributed by atoms with Crippen LogP contribution in [0.3, 0.4) is 0 Å². The van der Waals surface area contributed by atoms with Crippen molar-refractivity contribution in [3.8, 4) is 0 Å². The van der Waals surface area contributed by atoms with Crippen LogP contribution in [0.1, 0.15) is 13.3 Å². The van der Waals surface area contributed by atoms with Gasteiger partial charge in [-0.15, -0.1) is 0 Å². The van der Waals surface area contributed by atoms with Crippen LogP contribution in [-0.2, 0) is 14.3 Å². The molecule has 0 atom stereocenters. The van der Waals surface area contributed by atoms with Crippen LogP contribution in [0.25, 0.3) is 0 Å². The Kier molecular flexibility index (Phi) is 7.81. The monoisotopic (exact) mass is 283 g/mol. The van der Waals surface area contributed by atoms with Gasteiger partial charge in [0.2, 0.25) is 5.91 Å². The lowest BCUT2D eigenvalue weighted by molar-refractivity contribution is -0.158. The zero-order valence-corrected chi connectivity index (χ0v) is 10.4. The quantitative estimate of drug-likeness (QED) is 0.541. The Morgan fingerprint density at radius 2 is 1.95 bits per heavy atom. The number of nitrogens with zero attached hydrogens (tertiary/aromatic N) is 1. The lowest BCUT2D eigenvalue weighted by Gasteiger charge is -2.22. The lowest BCUT2D eigenvalue weighted by Crippen LogP contribution is -2.39. The molecule has 0 aromatic rings. The van der Waals surface area contributed by atoms with Crippen molar-refractivity contribution in [3.05, 3.63) is 12.2 Å². The third-order valence-corrected chi connectivity index (χ3v) is 1.97. The summed E-state index contributed by atoms with van der Waals surface area (Å²) in [4.78, 5) is 22.2. The second-order valence-electron chi connectivity index (χ2n) is 3.60. The van der Waals surface area contributed by atoms with E-state index in [0.29, 0.717) is 23.7 Å². The molecule has 19 heavy (non-hydrogen) atoms. The van der Waals surface area contributed by atoms with E-state index >= 15 is 0 Å². The number of carbonyl (C=O) groups is 2. The number of carbonyl (C=O) groups excluding carboxylic acids is 1. The molecule has 0 heterocycles. The average Bonchev–Trinajstić information content (AvgIpc) is 2.28. The maximum Gasteiger partial charge on any atom is 0.406 e. The number of carboxylic acids is 1. The first-order valence-electron chi connectivity index (χ1n) is 5.60. The molecule has 1 N–H and O–H groups in total. The summed E-state index contributed by atoms with van der Waals surface area (Å²) in [5.41, 5.74) is 0. The van der Waals surface area contributed by atoms with Crippen molar-refractivity contribution in [2.45, 2.75) is 19.5 Å². The fourth-order valence-electron chi connectivity index (χ4n) is 1.23. The first kappa shape index (κ1) is 17.4. The minimum Gasteiger partial charge on any atom is -0.478 e. The Bertz CT molecular complexity index is 328. The molecule has 0 unspecified atom stereocenters. The maximum atomic E-state index is 12.3. The van der Waals surface area contributed by atoms with Gasteiger partial charge in [-0.1, -0.05) is 0 Å². The molecular weight excluding hydrogens is 267 g/mol. The fourth-order valence-corrected chi connectivity index (χ4v) is 1.23. The molecule has 0 aliphatic carbocycles. The standard InChI is InChI=1S/C11H16F3NO4/c1-2-19-7-3-6-15(8-11(12,13)14)9(16)4-5-10(17)18/h4-5H,2-3,6-8H2,1H3,(H,17,18)/b5-4+. The fraction of sp³-hybridized carbons (Fsp3) is 0.636. The SMILES string of the molecule is CCOCCCN(CC(F)(F)F)C(=O)/C=C/C(=O)O. The normalized spacial score (nSPS) is 11.8. The first-order chi connectivity index (χ1) is 8.76. The number of amides is 1. The Morgan fingerprint density at radius 1 is 1.32 bits per heavy atom. The van der Waals surface area contributed by atoms with Gasteiger partial charge in [0.1, 0.15) is 6.54 Å². The van der Waals surface area contributed by atoms with E-state index in [-0.39, 0.29) is 19.6 Å².